The van der Waals surface area contributed by atoms with Crippen LogP contribution in [0.5, 0.6) is 0 Å². The highest BCUT2D eigenvalue weighted by Gasteiger charge is 2.42. The van der Waals surface area contributed by atoms with Gasteiger partial charge >= 0.3 is 0 Å². The highest BCUT2D eigenvalue weighted by molar-refractivity contribution is 5.17. The zero-order valence-corrected chi connectivity index (χ0v) is 28.8. The van der Waals surface area contributed by atoms with E-state index in [-0.39, 0.29) is 33.0 Å². The zero-order valence-electron chi connectivity index (χ0n) is 28.8. The van der Waals surface area contributed by atoms with Crippen molar-refractivity contribution < 1.29 is 23.7 Å². The SMILES string of the molecule is [N-]=[N+]=NC(N=[N+]=[N-])[C@H](OCc1ccccc1)[C@@H](OCc1ccccc1)[C@H](OCc1ccccc1)[C@@H](COCc1ccccc1)OCc1ccccc1. The first kappa shape index (κ1) is 37.8. The lowest BCUT2D eigenvalue weighted by molar-refractivity contribution is -0.203. The third-order valence-corrected chi connectivity index (χ3v) is 8.20. The fourth-order valence-electron chi connectivity index (χ4n) is 5.58. The van der Waals surface area contributed by atoms with Crippen LogP contribution in [0.3, 0.4) is 0 Å². The van der Waals surface area contributed by atoms with Crippen LogP contribution in [0.15, 0.2) is 162 Å². The normalized spacial score (nSPS) is 13.8. The van der Waals surface area contributed by atoms with Gasteiger partial charge in [-0.1, -0.05) is 162 Å². The van der Waals surface area contributed by atoms with Crippen LogP contribution in [0.25, 0.3) is 20.9 Å². The molecule has 0 radical (unpaired) electrons. The summed E-state index contributed by atoms with van der Waals surface area (Å²) >= 11 is 0. The number of hydrogen-bond donors (Lipinski definition) is 0. The average Bonchev–Trinajstić information content (AvgIpc) is 3.20. The van der Waals surface area contributed by atoms with Gasteiger partial charge in [0.05, 0.1) is 39.6 Å². The lowest BCUT2D eigenvalue weighted by Gasteiger charge is -2.38. The van der Waals surface area contributed by atoms with Crippen molar-refractivity contribution in [1.29, 1.82) is 0 Å². The average molecular weight is 699 g/mol. The molecule has 0 unspecified atom stereocenters. The van der Waals surface area contributed by atoms with Crippen molar-refractivity contribution in [2.45, 2.75) is 63.6 Å². The molecule has 4 atom stereocenters. The summed E-state index contributed by atoms with van der Waals surface area (Å²) in [6.07, 6.45) is -5.03. The Kier molecular flexibility index (Phi) is 15.7. The summed E-state index contributed by atoms with van der Waals surface area (Å²) < 4.78 is 33.1. The number of rotatable bonds is 22. The standard InChI is InChI=1S/C41H42N6O5/c42-46-44-41(45-47-43)40(52-30-36-24-14-5-15-25-36)39(51-29-35-22-12-4-13-23-35)38(50-28-34-20-10-3-11-21-34)37(49-27-33-18-8-2-9-19-33)31-48-26-32-16-6-1-7-17-32/h1-25,37-41H,26-31H2/t37-,38-,39+,40-/m1/s1. The number of hydrogen-bond acceptors (Lipinski definition) is 7. The minimum Gasteiger partial charge on any atom is -0.374 e. The van der Waals surface area contributed by atoms with E-state index in [1.54, 1.807) is 0 Å². The molecule has 0 saturated heterocycles. The van der Waals surface area contributed by atoms with Crippen molar-refractivity contribution in [3.05, 3.63) is 200 Å². The first-order chi connectivity index (χ1) is 25.7. The van der Waals surface area contributed by atoms with Crippen LogP contribution >= 0.6 is 0 Å². The molecule has 0 aromatic heterocycles. The van der Waals surface area contributed by atoms with E-state index in [1.165, 1.54) is 0 Å². The Morgan fingerprint density at radius 2 is 0.731 bits per heavy atom. The fourth-order valence-corrected chi connectivity index (χ4v) is 5.58. The molecule has 0 N–H and O–H groups in total. The van der Waals surface area contributed by atoms with Crippen LogP contribution in [-0.2, 0) is 56.7 Å². The van der Waals surface area contributed by atoms with Crippen LogP contribution < -0.4 is 0 Å². The lowest BCUT2D eigenvalue weighted by atomic mass is 9.99. The van der Waals surface area contributed by atoms with Crippen molar-refractivity contribution in [1.82, 2.24) is 0 Å². The van der Waals surface area contributed by atoms with Gasteiger partial charge in [-0.15, -0.1) is 0 Å². The van der Waals surface area contributed by atoms with Crippen LogP contribution in [0.2, 0.25) is 0 Å². The number of azide groups is 1. The van der Waals surface area contributed by atoms with Crippen LogP contribution in [0, 0.1) is 0 Å². The van der Waals surface area contributed by atoms with Gasteiger partial charge in [-0.2, -0.15) is 0 Å². The molecule has 0 spiro atoms. The van der Waals surface area contributed by atoms with E-state index in [1.807, 2.05) is 152 Å². The molecule has 5 aromatic carbocycles. The molecule has 0 heterocycles. The van der Waals surface area contributed by atoms with Crippen molar-refractivity contribution >= 4 is 0 Å². The van der Waals surface area contributed by atoms with Gasteiger partial charge in [0.25, 0.3) is 0 Å². The van der Waals surface area contributed by atoms with E-state index in [9.17, 15) is 11.1 Å². The number of nitrogens with zero attached hydrogens (tertiary/aromatic N) is 6. The smallest absolute Gasteiger partial charge is 0.144 e. The highest BCUT2D eigenvalue weighted by atomic mass is 16.6. The summed E-state index contributed by atoms with van der Waals surface area (Å²) in [5, 5.41) is 7.77. The Morgan fingerprint density at radius 3 is 1.12 bits per heavy atom. The molecule has 52 heavy (non-hydrogen) atoms. The monoisotopic (exact) mass is 698 g/mol. The third kappa shape index (κ3) is 12.4. The first-order valence-corrected chi connectivity index (χ1v) is 17.1. The van der Waals surface area contributed by atoms with Gasteiger partial charge in [0, 0.05) is 9.82 Å². The summed E-state index contributed by atoms with van der Waals surface area (Å²) in [4.78, 5) is 6.03. The van der Waals surface area contributed by atoms with E-state index in [2.05, 4.69) is 20.1 Å². The number of ether oxygens (including phenoxy) is 5. The maximum atomic E-state index is 9.62. The minimum absolute atomic E-state index is 0.112. The second-order valence-corrected chi connectivity index (χ2v) is 11.9. The van der Waals surface area contributed by atoms with E-state index in [0.717, 1.165) is 27.8 Å². The molecule has 11 nitrogen and oxygen atoms in total. The van der Waals surface area contributed by atoms with E-state index in [0.29, 0.717) is 6.61 Å². The van der Waals surface area contributed by atoms with Crippen molar-refractivity contribution in [2.24, 2.45) is 10.2 Å². The zero-order chi connectivity index (χ0) is 36.1. The Balaban J connectivity index is 1.56. The van der Waals surface area contributed by atoms with Crippen LogP contribution in [0.4, 0.5) is 0 Å². The fraction of sp³-hybridized carbons (Fsp3) is 0.268. The van der Waals surface area contributed by atoms with Gasteiger partial charge in [0.1, 0.15) is 30.6 Å². The van der Waals surface area contributed by atoms with Crippen LogP contribution in [0.1, 0.15) is 27.8 Å². The summed E-state index contributed by atoms with van der Waals surface area (Å²) in [6, 6.07) is 48.6. The van der Waals surface area contributed by atoms with Crippen molar-refractivity contribution in [3.8, 4) is 0 Å². The molecule has 0 bridgehead atoms. The Labute approximate surface area is 304 Å². The van der Waals surface area contributed by atoms with Gasteiger partial charge in [0.2, 0.25) is 0 Å². The highest BCUT2D eigenvalue weighted by Crippen LogP contribution is 2.27. The Hall–Kier alpha value is -5.48. The second kappa shape index (κ2) is 21.7. The molecule has 0 aliphatic rings. The molecule has 266 valence electrons. The van der Waals surface area contributed by atoms with Gasteiger partial charge < -0.3 is 23.7 Å². The molecule has 5 rings (SSSR count). The predicted molar refractivity (Wildman–Crippen MR) is 198 cm³/mol. The first-order valence-electron chi connectivity index (χ1n) is 17.1. The molecule has 0 amide bonds. The van der Waals surface area contributed by atoms with Gasteiger partial charge in [-0.3, -0.25) is 0 Å². The van der Waals surface area contributed by atoms with E-state index >= 15 is 0 Å². The summed E-state index contributed by atoms with van der Waals surface area (Å²) in [6.45, 7) is 1.16. The Bertz CT molecular complexity index is 1790. The summed E-state index contributed by atoms with van der Waals surface area (Å²) in [5.74, 6) is 0. The molecule has 0 aliphatic carbocycles. The molecule has 0 saturated carbocycles. The van der Waals surface area contributed by atoms with Gasteiger partial charge in [-0.25, -0.2) is 0 Å². The maximum absolute atomic E-state index is 9.62. The lowest BCUT2D eigenvalue weighted by Crippen LogP contribution is -2.53. The Morgan fingerprint density at radius 1 is 0.404 bits per heavy atom. The number of benzene rings is 5. The van der Waals surface area contributed by atoms with Gasteiger partial charge in [-0.05, 0) is 38.9 Å². The molecule has 11 heteroatoms. The van der Waals surface area contributed by atoms with Crippen LogP contribution in [-0.4, -0.2) is 37.2 Å². The summed E-state index contributed by atoms with van der Waals surface area (Å²) in [5.41, 5.74) is 23.9. The molecule has 0 fully saturated rings. The topological polar surface area (TPSA) is 144 Å². The molecular weight excluding hydrogens is 656 g/mol. The maximum Gasteiger partial charge on any atom is 0.144 e. The van der Waals surface area contributed by atoms with E-state index in [4.69, 9.17) is 23.7 Å². The summed E-state index contributed by atoms with van der Waals surface area (Å²) in [7, 11) is 0. The van der Waals surface area contributed by atoms with Crippen molar-refractivity contribution in [3.63, 3.8) is 0 Å². The van der Waals surface area contributed by atoms with Gasteiger partial charge in [0.15, 0.2) is 0 Å². The quantitative estimate of drug-likeness (QED) is 0.0402. The second-order valence-electron chi connectivity index (χ2n) is 11.9. The largest absolute Gasteiger partial charge is 0.374 e. The molecular formula is C41H42N6O5. The van der Waals surface area contributed by atoms with E-state index < -0.39 is 30.6 Å². The predicted octanol–water partition coefficient (Wildman–Crippen LogP) is 9.49. The van der Waals surface area contributed by atoms with Crippen molar-refractivity contribution in [2.75, 3.05) is 6.61 Å². The minimum atomic E-state index is -1.33. The molecule has 0 aliphatic heterocycles. The third-order valence-electron chi connectivity index (χ3n) is 8.20. The molecule has 5 aromatic rings.